The van der Waals surface area contributed by atoms with Crippen LogP contribution in [0.25, 0.3) is 0 Å². The molecule has 0 unspecified atom stereocenters. The summed E-state index contributed by atoms with van der Waals surface area (Å²) in [6.45, 7) is 0. The van der Waals surface area contributed by atoms with E-state index < -0.39 is 5.97 Å². The molecule has 3 N–H and O–H groups in total. The Balaban J connectivity index is 2.89. The zero-order chi connectivity index (χ0) is 9.84. The first kappa shape index (κ1) is 9.94. The van der Waals surface area contributed by atoms with Crippen molar-refractivity contribution in [2.24, 2.45) is 5.73 Å². The lowest BCUT2D eigenvalue weighted by Crippen LogP contribution is -2.20. The minimum Gasteiger partial charge on any atom is -0.465 e. The van der Waals surface area contributed by atoms with E-state index in [2.05, 4.69) is 22.3 Å². The van der Waals surface area contributed by atoms with E-state index in [9.17, 15) is 4.79 Å². The lowest BCUT2D eigenvalue weighted by Gasteiger charge is -2.03. The Kier molecular flexibility index (Phi) is 3.21. The third kappa shape index (κ3) is 2.40. The summed E-state index contributed by atoms with van der Waals surface area (Å²) in [5, 5.41) is 6.23. The number of anilines is 1. The number of nitrogens with two attached hydrogens (primary N) is 1. The summed E-state index contributed by atoms with van der Waals surface area (Å²) < 4.78 is 4.56. The third-order valence-electron chi connectivity index (χ3n) is 1.33. The average Bonchev–Trinajstić information content (AvgIpc) is 2.50. The van der Waals surface area contributed by atoms with Crippen LogP contribution in [0, 0.1) is 0 Å². The summed E-state index contributed by atoms with van der Waals surface area (Å²) in [5.74, 6) is -0.403. The van der Waals surface area contributed by atoms with Crippen molar-refractivity contribution in [1.82, 2.24) is 0 Å². The van der Waals surface area contributed by atoms with Crippen LogP contribution in [0.3, 0.4) is 0 Å². The Labute approximate surface area is 84.7 Å². The molecule has 0 bridgehead atoms. The Bertz CT molecular complexity index is 335. The van der Waals surface area contributed by atoms with Gasteiger partial charge in [0.1, 0.15) is 0 Å². The summed E-state index contributed by atoms with van der Waals surface area (Å²) in [6.07, 6.45) is 0. The summed E-state index contributed by atoms with van der Waals surface area (Å²) in [4.78, 5) is 11.1. The van der Waals surface area contributed by atoms with Crippen LogP contribution in [0.1, 0.15) is 10.4 Å². The van der Waals surface area contributed by atoms with E-state index in [0.717, 1.165) is 0 Å². The molecule has 0 aromatic carbocycles. The smallest absolute Gasteiger partial charge is 0.340 e. The van der Waals surface area contributed by atoms with Gasteiger partial charge in [-0.2, -0.15) is 0 Å². The van der Waals surface area contributed by atoms with Gasteiger partial charge in [-0.05, 0) is 12.2 Å². The Morgan fingerprint density at radius 1 is 1.69 bits per heavy atom. The van der Waals surface area contributed by atoms with Gasteiger partial charge in [-0.1, -0.05) is 0 Å². The second kappa shape index (κ2) is 4.20. The van der Waals surface area contributed by atoms with E-state index in [0.29, 0.717) is 11.3 Å². The van der Waals surface area contributed by atoms with E-state index in [1.807, 2.05) is 0 Å². The number of thiocarbonyl (C=S) groups is 1. The Morgan fingerprint density at radius 3 is 2.92 bits per heavy atom. The lowest BCUT2D eigenvalue weighted by molar-refractivity contribution is 0.0602. The van der Waals surface area contributed by atoms with Crippen LogP contribution in [0.4, 0.5) is 5.69 Å². The molecule has 6 heteroatoms. The van der Waals surface area contributed by atoms with Crippen LogP contribution in [-0.4, -0.2) is 18.2 Å². The summed E-state index contributed by atoms with van der Waals surface area (Å²) in [6, 6.07) is 0. The van der Waals surface area contributed by atoms with Crippen molar-refractivity contribution >= 4 is 40.3 Å². The SMILES string of the molecule is COC(=O)c1cscc1NC(N)=S. The molecule has 0 saturated heterocycles. The molecule has 0 spiro atoms. The number of nitrogens with one attached hydrogen (secondary N) is 1. The minimum absolute atomic E-state index is 0.128. The third-order valence-corrected chi connectivity index (χ3v) is 2.17. The van der Waals surface area contributed by atoms with Gasteiger partial charge >= 0.3 is 5.97 Å². The maximum atomic E-state index is 11.1. The number of methoxy groups -OCH3 is 1. The molecule has 0 aliphatic carbocycles. The fourth-order valence-corrected chi connectivity index (χ4v) is 1.65. The first-order valence-electron chi connectivity index (χ1n) is 3.36. The van der Waals surface area contributed by atoms with Gasteiger partial charge in [0.2, 0.25) is 0 Å². The Hall–Kier alpha value is -1.14. The maximum Gasteiger partial charge on any atom is 0.340 e. The molecular weight excluding hydrogens is 208 g/mol. The van der Waals surface area contributed by atoms with Crippen molar-refractivity contribution in [3.05, 3.63) is 16.3 Å². The molecule has 0 radical (unpaired) electrons. The number of carbonyl (C=O) groups is 1. The highest BCUT2D eigenvalue weighted by atomic mass is 32.1. The van der Waals surface area contributed by atoms with Gasteiger partial charge < -0.3 is 15.8 Å². The van der Waals surface area contributed by atoms with E-state index >= 15 is 0 Å². The zero-order valence-electron chi connectivity index (χ0n) is 6.87. The van der Waals surface area contributed by atoms with Gasteiger partial charge in [-0.3, -0.25) is 0 Å². The molecule has 1 rings (SSSR count). The van der Waals surface area contributed by atoms with Crippen LogP contribution in [-0.2, 0) is 4.74 Å². The number of rotatable bonds is 2. The molecule has 1 heterocycles. The van der Waals surface area contributed by atoms with Crippen molar-refractivity contribution in [3.63, 3.8) is 0 Å². The van der Waals surface area contributed by atoms with Crippen molar-refractivity contribution in [1.29, 1.82) is 0 Å². The fraction of sp³-hybridized carbons (Fsp3) is 0.143. The number of hydrogen-bond donors (Lipinski definition) is 2. The van der Waals surface area contributed by atoms with Crippen molar-refractivity contribution in [3.8, 4) is 0 Å². The van der Waals surface area contributed by atoms with E-state index in [1.54, 1.807) is 10.8 Å². The number of hydrogen-bond acceptors (Lipinski definition) is 4. The predicted molar refractivity (Wildman–Crippen MR) is 56.1 cm³/mol. The lowest BCUT2D eigenvalue weighted by atomic mass is 10.3. The van der Waals surface area contributed by atoms with Crippen LogP contribution >= 0.6 is 23.6 Å². The van der Waals surface area contributed by atoms with E-state index in [4.69, 9.17) is 5.73 Å². The Morgan fingerprint density at radius 2 is 2.38 bits per heavy atom. The minimum atomic E-state index is -0.403. The normalized spacial score (nSPS) is 9.31. The molecule has 0 fully saturated rings. The molecule has 1 aromatic heterocycles. The second-order valence-electron chi connectivity index (χ2n) is 2.18. The summed E-state index contributed by atoms with van der Waals surface area (Å²) >= 11 is 6.02. The molecule has 4 nitrogen and oxygen atoms in total. The van der Waals surface area contributed by atoms with Gasteiger partial charge in [-0.25, -0.2) is 4.79 Å². The molecule has 0 atom stereocenters. The van der Waals surface area contributed by atoms with E-state index in [-0.39, 0.29) is 5.11 Å². The van der Waals surface area contributed by atoms with E-state index in [1.165, 1.54) is 18.4 Å². The highest BCUT2D eigenvalue weighted by molar-refractivity contribution is 7.80. The van der Waals surface area contributed by atoms with Gasteiger partial charge in [0.05, 0.1) is 18.4 Å². The second-order valence-corrected chi connectivity index (χ2v) is 3.36. The standard InChI is InChI=1S/C7H8N2O2S2/c1-11-6(10)4-2-13-3-5(4)9-7(8)12/h2-3H,1H3,(H3,8,9,12). The van der Waals surface area contributed by atoms with Gasteiger partial charge in [-0.15, -0.1) is 11.3 Å². The predicted octanol–water partition coefficient (Wildman–Crippen LogP) is 1.19. The molecule has 0 aliphatic rings. The highest BCUT2D eigenvalue weighted by Gasteiger charge is 2.12. The zero-order valence-corrected chi connectivity index (χ0v) is 8.50. The van der Waals surface area contributed by atoms with Crippen LogP contribution < -0.4 is 11.1 Å². The maximum absolute atomic E-state index is 11.1. The summed E-state index contributed by atoms with van der Waals surface area (Å²) in [5.41, 5.74) is 6.30. The monoisotopic (exact) mass is 216 g/mol. The highest BCUT2D eigenvalue weighted by Crippen LogP contribution is 2.21. The van der Waals surface area contributed by atoms with Crippen LogP contribution in [0.2, 0.25) is 0 Å². The van der Waals surface area contributed by atoms with Crippen molar-refractivity contribution < 1.29 is 9.53 Å². The number of ether oxygens (including phenoxy) is 1. The van der Waals surface area contributed by atoms with Crippen LogP contribution in [0.5, 0.6) is 0 Å². The molecule has 0 aliphatic heterocycles. The number of carbonyl (C=O) groups excluding carboxylic acids is 1. The molecule has 0 amide bonds. The van der Waals surface area contributed by atoms with Crippen LogP contribution in [0.15, 0.2) is 10.8 Å². The van der Waals surface area contributed by atoms with Gasteiger partial charge in [0, 0.05) is 10.8 Å². The van der Waals surface area contributed by atoms with Gasteiger partial charge in [0.15, 0.2) is 5.11 Å². The molecular formula is C7H8N2O2S2. The van der Waals surface area contributed by atoms with Crippen molar-refractivity contribution in [2.45, 2.75) is 0 Å². The first-order valence-corrected chi connectivity index (χ1v) is 4.71. The number of thiophene rings is 1. The molecule has 1 aromatic rings. The molecule has 70 valence electrons. The average molecular weight is 216 g/mol. The number of esters is 1. The molecule has 0 saturated carbocycles. The quantitative estimate of drug-likeness (QED) is 0.574. The van der Waals surface area contributed by atoms with Gasteiger partial charge in [0.25, 0.3) is 0 Å². The first-order chi connectivity index (χ1) is 6.15. The largest absolute Gasteiger partial charge is 0.465 e. The van der Waals surface area contributed by atoms with Crippen molar-refractivity contribution in [2.75, 3.05) is 12.4 Å². The summed E-state index contributed by atoms with van der Waals surface area (Å²) in [7, 11) is 1.32. The fourth-order valence-electron chi connectivity index (χ4n) is 0.795. The molecule has 13 heavy (non-hydrogen) atoms. The topological polar surface area (TPSA) is 64.3 Å².